The summed E-state index contributed by atoms with van der Waals surface area (Å²) in [6.07, 6.45) is 0. The van der Waals surface area contributed by atoms with Gasteiger partial charge < -0.3 is 9.30 Å². The molecular weight excluding hydrogens is 527 g/mol. The first-order chi connectivity index (χ1) is 20.0. The molecule has 0 fully saturated rings. The third-order valence-corrected chi connectivity index (χ3v) is 12.0. The SMILES string of the molecule is CC1(C)c2ccccc2-c2cc3c4ccccc4n(-c4cccc5c4Oc4c(cccc4[Si](C)(C)C)C5(C)C)c3cc21. The van der Waals surface area contributed by atoms with E-state index >= 15 is 0 Å². The van der Waals surface area contributed by atoms with Gasteiger partial charge in [-0.05, 0) is 51.7 Å². The van der Waals surface area contributed by atoms with Gasteiger partial charge in [-0.3, -0.25) is 0 Å². The summed E-state index contributed by atoms with van der Waals surface area (Å²) in [4.78, 5) is 0. The van der Waals surface area contributed by atoms with Crippen molar-refractivity contribution < 1.29 is 4.74 Å². The van der Waals surface area contributed by atoms with Gasteiger partial charge in [0.25, 0.3) is 0 Å². The van der Waals surface area contributed by atoms with E-state index in [4.69, 9.17) is 4.74 Å². The number of fused-ring (bicyclic) bond motifs is 8. The van der Waals surface area contributed by atoms with E-state index in [2.05, 4.69) is 149 Å². The largest absolute Gasteiger partial charge is 0.455 e. The third-order valence-electron chi connectivity index (χ3n) is 9.98. The van der Waals surface area contributed by atoms with Crippen LogP contribution in [0.5, 0.6) is 11.5 Å². The van der Waals surface area contributed by atoms with Crippen molar-refractivity contribution in [1.82, 2.24) is 4.57 Å². The van der Waals surface area contributed by atoms with E-state index in [0.717, 1.165) is 17.2 Å². The number of rotatable bonds is 2. The Labute approximate surface area is 249 Å². The van der Waals surface area contributed by atoms with Crippen molar-refractivity contribution in [3.05, 3.63) is 119 Å². The zero-order valence-electron chi connectivity index (χ0n) is 25.6. The van der Waals surface area contributed by atoms with Crippen LogP contribution in [-0.2, 0) is 10.8 Å². The highest BCUT2D eigenvalue weighted by Crippen LogP contribution is 2.53. The molecule has 2 aliphatic rings. The maximum atomic E-state index is 7.12. The lowest BCUT2D eigenvalue weighted by atomic mass is 9.75. The zero-order valence-corrected chi connectivity index (χ0v) is 26.6. The molecule has 208 valence electrons. The smallest absolute Gasteiger partial charge is 0.155 e. The van der Waals surface area contributed by atoms with Gasteiger partial charge in [-0.2, -0.15) is 0 Å². The van der Waals surface area contributed by atoms with Crippen LogP contribution in [0.2, 0.25) is 19.6 Å². The van der Waals surface area contributed by atoms with E-state index in [1.165, 1.54) is 60.4 Å². The molecule has 0 amide bonds. The fraction of sp³-hybridized carbons (Fsp3) is 0.231. The highest BCUT2D eigenvalue weighted by Gasteiger charge is 2.40. The molecule has 0 saturated carbocycles. The summed E-state index contributed by atoms with van der Waals surface area (Å²) in [5.74, 6) is 2.05. The second-order valence-electron chi connectivity index (χ2n) is 14.3. The average molecular weight is 564 g/mol. The van der Waals surface area contributed by atoms with Crippen LogP contribution in [0.3, 0.4) is 0 Å². The molecule has 0 bridgehead atoms. The van der Waals surface area contributed by atoms with E-state index in [9.17, 15) is 0 Å². The Morgan fingerprint density at radius 2 is 1.19 bits per heavy atom. The van der Waals surface area contributed by atoms with E-state index in [1.807, 2.05) is 0 Å². The van der Waals surface area contributed by atoms with Gasteiger partial charge in [-0.25, -0.2) is 0 Å². The van der Waals surface area contributed by atoms with E-state index in [0.29, 0.717) is 0 Å². The van der Waals surface area contributed by atoms with Crippen molar-refractivity contribution in [2.75, 3.05) is 0 Å². The van der Waals surface area contributed by atoms with Gasteiger partial charge in [0, 0.05) is 32.7 Å². The molecule has 2 nitrogen and oxygen atoms in total. The van der Waals surface area contributed by atoms with Crippen LogP contribution >= 0.6 is 0 Å². The third kappa shape index (κ3) is 3.26. The minimum atomic E-state index is -1.66. The molecule has 0 saturated heterocycles. The van der Waals surface area contributed by atoms with E-state index < -0.39 is 8.07 Å². The molecule has 1 aliphatic heterocycles. The van der Waals surface area contributed by atoms with Crippen LogP contribution < -0.4 is 9.92 Å². The quantitative estimate of drug-likeness (QED) is 0.191. The minimum Gasteiger partial charge on any atom is -0.455 e. The first kappa shape index (κ1) is 25.6. The Kier molecular flexibility index (Phi) is 5.04. The summed E-state index contributed by atoms with van der Waals surface area (Å²) in [7, 11) is -1.66. The fourth-order valence-electron chi connectivity index (χ4n) is 7.70. The standard InChI is InChI=1S/C39H37NOSi/c1-38(2)28-16-10-8-14-24(28)26-22-27-25-15-9-11-19-32(25)40(34(27)23-31(26)38)33-20-12-17-29-36(33)41-37-30(39(29,3)4)18-13-21-35(37)42(5,6)7/h8-23H,1-7H3. The molecule has 0 radical (unpaired) electrons. The topological polar surface area (TPSA) is 14.2 Å². The minimum absolute atomic E-state index is 0.0683. The van der Waals surface area contributed by atoms with Gasteiger partial charge in [0.1, 0.15) is 5.75 Å². The van der Waals surface area contributed by atoms with Crippen molar-refractivity contribution in [2.45, 2.75) is 58.2 Å². The summed E-state index contributed by atoms with van der Waals surface area (Å²) in [6.45, 7) is 16.7. The predicted molar refractivity (Wildman–Crippen MR) is 180 cm³/mol. The summed E-state index contributed by atoms with van der Waals surface area (Å²) in [5.41, 5.74) is 11.3. The maximum absolute atomic E-state index is 7.12. The molecule has 3 heteroatoms. The summed E-state index contributed by atoms with van der Waals surface area (Å²) in [6, 6.07) is 36.1. The Morgan fingerprint density at radius 3 is 1.98 bits per heavy atom. The van der Waals surface area contributed by atoms with Gasteiger partial charge >= 0.3 is 0 Å². The first-order valence-electron chi connectivity index (χ1n) is 15.1. The molecule has 0 N–H and O–H groups in total. The number of ether oxygens (including phenoxy) is 1. The molecule has 1 aromatic heterocycles. The lowest BCUT2D eigenvalue weighted by Crippen LogP contribution is -2.41. The van der Waals surface area contributed by atoms with Crippen LogP contribution in [0.4, 0.5) is 0 Å². The second kappa shape index (κ2) is 8.26. The molecule has 8 rings (SSSR count). The predicted octanol–water partition coefficient (Wildman–Crippen LogP) is 10.1. The summed E-state index contributed by atoms with van der Waals surface area (Å²) >= 11 is 0. The normalized spacial score (nSPS) is 16.1. The monoisotopic (exact) mass is 563 g/mol. The van der Waals surface area contributed by atoms with Crippen molar-refractivity contribution in [3.8, 4) is 28.3 Å². The zero-order chi connectivity index (χ0) is 29.2. The van der Waals surface area contributed by atoms with Crippen molar-refractivity contribution in [1.29, 1.82) is 0 Å². The number of hydrogen-bond donors (Lipinski definition) is 0. The Bertz CT molecular complexity index is 2100. The number of hydrogen-bond acceptors (Lipinski definition) is 1. The van der Waals surface area contributed by atoms with E-state index in [1.54, 1.807) is 0 Å². The Balaban J connectivity index is 1.45. The summed E-state index contributed by atoms with van der Waals surface area (Å²) < 4.78 is 9.58. The Hall–Kier alpha value is -4.08. The van der Waals surface area contributed by atoms with E-state index in [-0.39, 0.29) is 10.8 Å². The number of aromatic nitrogens is 1. The highest BCUT2D eigenvalue weighted by atomic mass is 28.3. The first-order valence-corrected chi connectivity index (χ1v) is 18.6. The van der Waals surface area contributed by atoms with Crippen LogP contribution in [0.15, 0.2) is 97.1 Å². The maximum Gasteiger partial charge on any atom is 0.155 e. The van der Waals surface area contributed by atoms with Crippen molar-refractivity contribution >= 4 is 35.1 Å². The van der Waals surface area contributed by atoms with Crippen LogP contribution in [-0.4, -0.2) is 12.6 Å². The number of para-hydroxylation sites is 3. The van der Waals surface area contributed by atoms with Crippen molar-refractivity contribution in [3.63, 3.8) is 0 Å². The lowest BCUT2D eigenvalue weighted by molar-refractivity contribution is 0.419. The van der Waals surface area contributed by atoms with Gasteiger partial charge in [-0.1, -0.05) is 120 Å². The van der Waals surface area contributed by atoms with Crippen LogP contribution in [0.1, 0.15) is 49.9 Å². The van der Waals surface area contributed by atoms with Gasteiger partial charge in [-0.15, -0.1) is 0 Å². The molecule has 5 aromatic carbocycles. The molecule has 0 unspecified atom stereocenters. The van der Waals surface area contributed by atoms with Crippen LogP contribution in [0.25, 0.3) is 38.6 Å². The van der Waals surface area contributed by atoms with Gasteiger partial charge in [0.15, 0.2) is 5.75 Å². The Morgan fingerprint density at radius 1 is 0.548 bits per heavy atom. The molecule has 6 aromatic rings. The molecule has 2 heterocycles. The summed E-state index contributed by atoms with van der Waals surface area (Å²) in [5, 5.41) is 3.94. The molecule has 1 aliphatic carbocycles. The van der Waals surface area contributed by atoms with Crippen molar-refractivity contribution in [2.24, 2.45) is 0 Å². The van der Waals surface area contributed by atoms with Crippen LogP contribution in [0, 0.1) is 0 Å². The van der Waals surface area contributed by atoms with Gasteiger partial charge in [0.05, 0.1) is 24.8 Å². The molecular formula is C39H37NOSi. The number of nitrogens with zero attached hydrogens (tertiary/aromatic N) is 1. The second-order valence-corrected chi connectivity index (χ2v) is 19.3. The fourth-order valence-corrected chi connectivity index (χ4v) is 9.16. The molecule has 42 heavy (non-hydrogen) atoms. The lowest BCUT2D eigenvalue weighted by Gasteiger charge is -2.38. The molecule has 0 atom stereocenters. The molecule has 0 spiro atoms. The van der Waals surface area contributed by atoms with Gasteiger partial charge in [0.2, 0.25) is 0 Å². The number of benzene rings is 5. The average Bonchev–Trinajstić information content (AvgIpc) is 3.40. The highest BCUT2D eigenvalue weighted by molar-refractivity contribution is 6.89.